The van der Waals surface area contributed by atoms with Gasteiger partial charge in [0.25, 0.3) is 0 Å². The van der Waals surface area contributed by atoms with Crippen molar-refractivity contribution in [3.8, 4) is 17.0 Å². The fourth-order valence-electron chi connectivity index (χ4n) is 2.60. The summed E-state index contributed by atoms with van der Waals surface area (Å²) in [4.78, 5) is 16.7. The minimum atomic E-state index is -0.399. The molecule has 0 unspecified atom stereocenters. The van der Waals surface area contributed by atoms with Gasteiger partial charge in [-0.15, -0.1) is 11.3 Å². The predicted molar refractivity (Wildman–Crippen MR) is 124 cm³/mol. The number of aromatic nitrogens is 1. The Hall–Kier alpha value is -3.29. The average molecular weight is 478 g/mol. The van der Waals surface area contributed by atoms with E-state index in [4.69, 9.17) is 4.74 Å². The summed E-state index contributed by atoms with van der Waals surface area (Å²) in [6, 6.07) is 24.1. The second-order valence-corrected chi connectivity index (χ2v) is 8.01. The van der Waals surface area contributed by atoms with Crippen LogP contribution in [-0.2, 0) is 0 Å². The smallest absolute Gasteiger partial charge is 0.343 e. The topological polar surface area (TPSA) is 63.6 Å². The molecule has 0 spiro atoms. The van der Waals surface area contributed by atoms with Crippen LogP contribution in [0.5, 0.6) is 5.75 Å². The van der Waals surface area contributed by atoms with Gasteiger partial charge in [-0.25, -0.2) is 9.78 Å². The Morgan fingerprint density at radius 2 is 1.73 bits per heavy atom. The summed E-state index contributed by atoms with van der Waals surface area (Å²) in [5.74, 6) is 0.0732. The predicted octanol–water partition coefficient (Wildman–Crippen LogP) is 6.24. The van der Waals surface area contributed by atoms with Gasteiger partial charge in [0.2, 0.25) is 5.13 Å². The van der Waals surface area contributed by atoms with Crippen molar-refractivity contribution in [3.63, 3.8) is 0 Å². The monoisotopic (exact) mass is 477 g/mol. The molecule has 30 heavy (non-hydrogen) atoms. The van der Waals surface area contributed by atoms with Crippen LogP contribution >= 0.6 is 27.3 Å². The number of benzene rings is 3. The first-order valence-electron chi connectivity index (χ1n) is 9.05. The quantitative estimate of drug-likeness (QED) is 0.154. The zero-order valence-electron chi connectivity index (χ0n) is 15.7. The first kappa shape index (κ1) is 20.0. The number of nitrogens with one attached hydrogen (secondary N) is 1. The molecule has 1 heterocycles. The standard InChI is InChI=1S/C23H16BrN3O2S/c24-19-10-8-18(9-11-19)22(28)29-20-12-6-16(7-13-20)14-25-27-23-26-21(15-30-23)17-4-2-1-3-5-17/h1-15H,(H,26,27)/b25-14-. The zero-order chi connectivity index (χ0) is 20.8. The van der Waals surface area contributed by atoms with E-state index in [9.17, 15) is 4.79 Å². The van der Waals surface area contributed by atoms with E-state index in [0.29, 0.717) is 16.4 Å². The molecule has 0 aliphatic heterocycles. The van der Waals surface area contributed by atoms with Gasteiger partial charge in [0.05, 0.1) is 17.5 Å². The van der Waals surface area contributed by atoms with Crippen LogP contribution in [-0.4, -0.2) is 17.2 Å². The van der Waals surface area contributed by atoms with Crippen LogP contribution in [0.15, 0.2) is 93.8 Å². The summed E-state index contributed by atoms with van der Waals surface area (Å²) in [6.07, 6.45) is 1.68. The number of anilines is 1. The lowest BCUT2D eigenvalue weighted by Gasteiger charge is -2.04. The van der Waals surface area contributed by atoms with Gasteiger partial charge in [0.15, 0.2) is 0 Å². The Bertz CT molecular complexity index is 1160. The van der Waals surface area contributed by atoms with Crippen LogP contribution in [0.1, 0.15) is 15.9 Å². The number of rotatable bonds is 6. The summed E-state index contributed by atoms with van der Waals surface area (Å²) in [7, 11) is 0. The molecule has 148 valence electrons. The first-order chi connectivity index (χ1) is 14.7. The molecule has 0 aliphatic rings. The highest BCUT2D eigenvalue weighted by molar-refractivity contribution is 9.10. The van der Waals surface area contributed by atoms with E-state index in [0.717, 1.165) is 21.3 Å². The molecule has 0 fully saturated rings. The molecule has 4 rings (SSSR count). The van der Waals surface area contributed by atoms with Crippen LogP contribution in [0.2, 0.25) is 0 Å². The van der Waals surface area contributed by atoms with Crippen molar-refractivity contribution in [1.82, 2.24) is 4.98 Å². The minimum absolute atomic E-state index is 0.399. The second kappa shape index (κ2) is 9.47. The van der Waals surface area contributed by atoms with Gasteiger partial charge in [-0.3, -0.25) is 5.43 Å². The van der Waals surface area contributed by atoms with Crippen molar-refractivity contribution in [3.05, 3.63) is 99.8 Å². The molecule has 1 aromatic heterocycles. The molecular weight excluding hydrogens is 462 g/mol. The number of carbonyl (C=O) groups excluding carboxylic acids is 1. The molecule has 0 amide bonds. The number of ether oxygens (including phenoxy) is 1. The maximum Gasteiger partial charge on any atom is 0.343 e. The molecule has 3 aromatic carbocycles. The largest absolute Gasteiger partial charge is 0.423 e. The van der Waals surface area contributed by atoms with Gasteiger partial charge >= 0.3 is 5.97 Å². The van der Waals surface area contributed by atoms with Crippen molar-refractivity contribution in [2.24, 2.45) is 5.10 Å². The van der Waals surface area contributed by atoms with E-state index in [-0.39, 0.29) is 0 Å². The van der Waals surface area contributed by atoms with E-state index in [1.165, 1.54) is 11.3 Å². The Balaban J connectivity index is 1.33. The second-order valence-electron chi connectivity index (χ2n) is 6.24. The fourth-order valence-corrected chi connectivity index (χ4v) is 3.54. The van der Waals surface area contributed by atoms with Crippen molar-refractivity contribution in [1.29, 1.82) is 0 Å². The Morgan fingerprint density at radius 1 is 1.00 bits per heavy atom. The maximum absolute atomic E-state index is 12.2. The molecule has 4 aromatic rings. The van der Waals surface area contributed by atoms with E-state index in [1.54, 1.807) is 42.6 Å². The van der Waals surface area contributed by atoms with E-state index in [1.807, 2.05) is 47.8 Å². The normalized spacial score (nSPS) is 10.8. The number of carbonyl (C=O) groups is 1. The molecule has 0 saturated carbocycles. The number of hydrazone groups is 1. The van der Waals surface area contributed by atoms with Crippen LogP contribution in [0.25, 0.3) is 11.3 Å². The van der Waals surface area contributed by atoms with Crippen LogP contribution in [0.4, 0.5) is 5.13 Å². The van der Waals surface area contributed by atoms with E-state index in [2.05, 4.69) is 31.4 Å². The van der Waals surface area contributed by atoms with Gasteiger partial charge in [-0.2, -0.15) is 5.10 Å². The number of hydrogen-bond donors (Lipinski definition) is 1. The first-order valence-corrected chi connectivity index (χ1v) is 10.7. The van der Waals surface area contributed by atoms with Gasteiger partial charge in [-0.05, 0) is 54.1 Å². The maximum atomic E-state index is 12.2. The summed E-state index contributed by atoms with van der Waals surface area (Å²) in [6.45, 7) is 0. The summed E-state index contributed by atoms with van der Waals surface area (Å²) < 4.78 is 6.30. The van der Waals surface area contributed by atoms with Crippen molar-refractivity contribution in [2.75, 3.05) is 5.43 Å². The zero-order valence-corrected chi connectivity index (χ0v) is 18.1. The van der Waals surface area contributed by atoms with Crippen LogP contribution in [0, 0.1) is 0 Å². The Labute approximate surface area is 186 Å². The summed E-state index contributed by atoms with van der Waals surface area (Å²) >= 11 is 4.83. The number of halogens is 1. The highest BCUT2D eigenvalue weighted by Crippen LogP contribution is 2.24. The van der Waals surface area contributed by atoms with Gasteiger partial charge < -0.3 is 4.74 Å². The van der Waals surface area contributed by atoms with Crippen molar-refractivity contribution >= 4 is 44.6 Å². The minimum Gasteiger partial charge on any atom is -0.423 e. The molecule has 0 aliphatic carbocycles. The molecule has 0 atom stereocenters. The van der Waals surface area contributed by atoms with Gasteiger partial charge in [0.1, 0.15) is 5.75 Å². The van der Waals surface area contributed by atoms with Gasteiger partial charge in [-0.1, -0.05) is 46.3 Å². The number of hydrogen-bond acceptors (Lipinski definition) is 6. The third kappa shape index (κ3) is 5.20. The molecular formula is C23H16BrN3O2S. The Kier molecular flexibility index (Phi) is 6.32. The van der Waals surface area contributed by atoms with Gasteiger partial charge in [0, 0.05) is 15.4 Å². The van der Waals surface area contributed by atoms with Crippen molar-refractivity contribution in [2.45, 2.75) is 0 Å². The number of thiazole rings is 1. The van der Waals surface area contributed by atoms with E-state index >= 15 is 0 Å². The average Bonchev–Trinajstić information content (AvgIpc) is 3.25. The SMILES string of the molecule is O=C(Oc1ccc(/C=N\Nc2nc(-c3ccccc3)cs2)cc1)c1ccc(Br)cc1. The molecule has 0 bridgehead atoms. The lowest BCUT2D eigenvalue weighted by molar-refractivity contribution is 0.0734. The number of nitrogens with zero attached hydrogens (tertiary/aromatic N) is 2. The van der Waals surface area contributed by atoms with Crippen molar-refractivity contribution < 1.29 is 9.53 Å². The summed E-state index contributed by atoms with van der Waals surface area (Å²) in [5, 5.41) is 6.93. The summed E-state index contributed by atoms with van der Waals surface area (Å²) in [5.41, 5.74) is 6.28. The Morgan fingerprint density at radius 3 is 2.47 bits per heavy atom. The molecule has 5 nitrogen and oxygen atoms in total. The molecule has 7 heteroatoms. The molecule has 0 radical (unpaired) electrons. The highest BCUT2D eigenvalue weighted by Gasteiger charge is 2.08. The van der Waals surface area contributed by atoms with E-state index < -0.39 is 5.97 Å². The lowest BCUT2D eigenvalue weighted by atomic mass is 10.2. The fraction of sp³-hybridized carbons (Fsp3) is 0. The third-order valence-electron chi connectivity index (χ3n) is 4.12. The third-order valence-corrected chi connectivity index (χ3v) is 5.39. The highest BCUT2D eigenvalue weighted by atomic mass is 79.9. The molecule has 0 saturated heterocycles. The number of esters is 1. The van der Waals surface area contributed by atoms with Crippen LogP contribution < -0.4 is 10.2 Å². The lowest BCUT2D eigenvalue weighted by Crippen LogP contribution is -2.08. The van der Waals surface area contributed by atoms with Crippen LogP contribution in [0.3, 0.4) is 0 Å². The molecule has 1 N–H and O–H groups in total.